The molecule has 1 saturated heterocycles. The van der Waals surface area contributed by atoms with Crippen LogP contribution in [0.2, 0.25) is 0 Å². The highest BCUT2D eigenvalue weighted by molar-refractivity contribution is 5.76. The molecule has 0 unspecified atom stereocenters. The molecule has 1 aliphatic rings. The molecular weight excluding hydrogens is 395 g/mol. The highest BCUT2D eigenvalue weighted by Gasteiger charge is 2.23. The number of aryl methyl sites for hydroxylation is 1. The summed E-state index contributed by atoms with van der Waals surface area (Å²) in [4.78, 5) is 14.8. The van der Waals surface area contributed by atoms with Crippen molar-refractivity contribution in [3.05, 3.63) is 83.9 Å². The van der Waals surface area contributed by atoms with Crippen LogP contribution in [-0.4, -0.2) is 43.7 Å². The summed E-state index contributed by atoms with van der Waals surface area (Å²) in [6, 6.07) is 20.2. The van der Waals surface area contributed by atoms with E-state index >= 15 is 0 Å². The first-order valence-electron chi connectivity index (χ1n) is 10.7. The second-order valence-corrected chi connectivity index (χ2v) is 7.65. The van der Waals surface area contributed by atoms with E-state index in [1.807, 2.05) is 42.5 Å². The van der Waals surface area contributed by atoms with Gasteiger partial charge in [-0.25, -0.2) is 4.39 Å². The monoisotopic (exact) mass is 422 g/mol. The van der Waals surface area contributed by atoms with Crippen LogP contribution in [0.3, 0.4) is 0 Å². The molecule has 1 atom stereocenters. The molecule has 0 aliphatic carbocycles. The van der Waals surface area contributed by atoms with Crippen molar-refractivity contribution in [3.8, 4) is 11.3 Å². The number of furan rings is 1. The van der Waals surface area contributed by atoms with Crippen LogP contribution < -0.4 is 5.32 Å². The van der Waals surface area contributed by atoms with Crippen molar-refractivity contribution in [2.45, 2.75) is 18.9 Å². The molecule has 1 fully saturated rings. The Balaban J connectivity index is 1.32. The summed E-state index contributed by atoms with van der Waals surface area (Å²) >= 11 is 0. The van der Waals surface area contributed by atoms with Crippen molar-refractivity contribution < 1.29 is 18.3 Å². The van der Waals surface area contributed by atoms with E-state index in [0.717, 1.165) is 35.7 Å². The van der Waals surface area contributed by atoms with E-state index < -0.39 is 0 Å². The highest BCUT2D eigenvalue weighted by Crippen LogP contribution is 2.23. The standard InChI is InChI=1S/C25H27FN2O3/c26-21-8-6-19(7-9-21)23(28-14-16-30-17-15-28)18-27-25(29)13-11-22-10-12-24(31-22)20-4-2-1-3-5-20/h1-10,12,23H,11,13-18H2,(H,27,29)/t23-/m1/s1. The zero-order valence-electron chi connectivity index (χ0n) is 17.4. The predicted molar refractivity (Wildman–Crippen MR) is 117 cm³/mol. The van der Waals surface area contributed by atoms with Gasteiger partial charge in [-0.05, 0) is 29.8 Å². The van der Waals surface area contributed by atoms with E-state index in [9.17, 15) is 9.18 Å². The molecule has 5 nitrogen and oxygen atoms in total. The van der Waals surface area contributed by atoms with Crippen molar-refractivity contribution >= 4 is 5.91 Å². The van der Waals surface area contributed by atoms with Gasteiger partial charge in [0.15, 0.2) is 0 Å². The Labute approximate surface area is 181 Å². The quantitative estimate of drug-likeness (QED) is 0.591. The topological polar surface area (TPSA) is 54.7 Å². The molecule has 3 aromatic rings. The fourth-order valence-electron chi connectivity index (χ4n) is 3.84. The molecule has 6 heteroatoms. The molecule has 1 amide bonds. The first-order chi connectivity index (χ1) is 15.2. The van der Waals surface area contributed by atoms with E-state index in [1.54, 1.807) is 12.1 Å². The molecule has 1 aliphatic heterocycles. The van der Waals surface area contributed by atoms with Gasteiger partial charge in [0.2, 0.25) is 5.91 Å². The third kappa shape index (κ3) is 5.81. The fraction of sp³-hybridized carbons (Fsp3) is 0.320. The van der Waals surface area contributed by atoms with Gasteiger partial charge >= 0.3 is 0 Å². The number of nitrogens with one attached hydrogen (secondary N) is 1. The van der Waals surface area contributed by atoms with Crippen LogP contribution in [0.5, 0.6) is 0 Å². The van der Waals surface area contributed by atoms with Crippen LogP contribution in [0.4, 0.5) is 4.39 Å². The lowest BCUT2D eigenvalue weighted by Crippen LogP contribution is -2.43. The number of morpholine rings is 1. The van der Waals surface area contributed by atoms with Crippen molar-refractivity contribution in [1.82, 2.24) is 10.2 Å². The van der Waals surface area contributed by atoms with E-state index in [2.05, 4.69) is 10.2 Å². The van der Waals surface area contributed by atoms with Gasteiger partial charge in [0, 0.05) is 38.0 Å². The maximum absolute atomic E-state index is 13.4. The Morgan fingerprint density at radius 2 is 1.74 bits per heavy atom. The third-order valence-electron chi connectivity index (χ3n) is 5.55. The second-order valence-electron chi connectivity index (χ2n) is 7.65. The van der Waals surface area contributed by atoms with Gasteiger partial charge in [0.05, 0.1) is 19.3 Å². The summed E-state index contributed by atoms with van der Waals surface area (Å²) in [6.07, 6.45) is 0.887. The van der Waals surface area contributed by atoms with Crippen molar-refractivity contribution in [2.24, 2.45) is 0 Å². The first kappa shape index (κ1) is 21.3. The van der Waals surface area contributed by atoms with Crippen LogP contribution in [0.1, 0.15) is 23.8 Å². The first-order valence-corrected chi connectivity index (χ1v) is 10.7. The molecule has 31 heavy (non-hydrogen) atoms. The minimum absolute atomic E-state index is 0.0123. The lowest BCUT2D eigenvalue weighted by atomic mass is 10.0. The van der Waals surface area contributed by atoms with Crippen LogP contribution in [-0.2, 0) is 16.0 Å². The number of ether oxygens (including phenoxy) is 1. The Hall–Kier alpha value is -2.96. The fourth-order valence-corrected chi connectivity index (χ4v) is 3.84. The molecule has 0 spiro atoms. The summed E-state index contributed by atoms with van der Waals surface area (Å²) < 4.78 is 24.7. The molecule has 2 heterocycles. The number of halogens is 1. The molecule has 2 aromatic carbocycles. The highest BCUT2D eigenvalue weighted by atomic mass is 19.1. The maximum Gasteiger partial charge on any atom is 0.220 e. The minimum atomic E-state index is -0.262. The largest absolute Gasteiger partial charge is 0.461 e. The number of hydrogen-bond acceptors (Lipinski definition) is 4. The summed E-state index contributed by atoms with van der Waals surface area (Å²) in [7, 11) is 0. The Kier molecular flexibility index (Phi) is 7.12. The van der Waals surface area contributed by atoms with Gasteiger partial charge in [-0.1, -0.05) is 42.5 Å². The van der Waals surface area contributed by atoms with E-state index in [4.69, 9.17) is 9.15 Å². The van der Waals surface area contributed by atoms with E-state index in [1.165, 1.54) is 12.1 Å². The molecule has 1 aromatic heterocycles. The Morgan fingerprint density at radius 3 is 2.48 bits per heavy atom. The number of amides is 1. The Bertz CT molecular complexity index is 966. The molecule has 0 saturated carbocycles. The van der Waals surface area contributed by atoms with Gasteiger partial charge in [-0.3, -0.25) is 9.69 Å². The summed E-state index contributed by atoms with van der Waals surface area (Å²) in [5.74, 6) is 1.30. The number of nitrogens with zero attached hydrogens (tertiary/aromatic N) is 1. The molecule has 0 bridgehead atoms. The van der Waals surface area contributed by atoms with Crippen LogP contribution >= 0.6 is 0 Å². The zero-order valence-corrected chi connectivity index (χ0v) is 17.4. The van der Waals surface area contributed by atoms with Crippen LogP contribution in [0, 0.1) is 5.82 Å². The summed E-state index contributed by atoms with van der Waals surface area (Å²) in [6.45, 7) is 3.36. The number of hydrogen-bond donors (Lipinski definition) is 1. The lowest BCUT2D eigenvalue weighted by Gasteiger charge is -2.35. The third-order valence-corrected chi connectivity index (χ3v) is 5.55. The van der Waals surface area contributed by atoms with E-state index in [-0.39, 0.29) is 17.8 Å². The van der Waals surface area contributed by atoms with Crippen molar-refractivity contribution in [2.75, 3.05) is 32.8 Å². The van der Waals surface area contributed by atoms with Crippen molar-refractivity contribution in [3.63, 3.8) is 0 Å². The second kappa shape index (κ2) is 10.4. The Morgan fingerprint density at radius 1 is 1.00 bits per heavy atom. The zero-order chi connectivity index (χ0) is 21.5. The smallest absolute Gasteiger partial charge is 0.220 e. The van der Waals surface area contributed by atoms with Gasteiger partial charge in [-0.2, -0.15) is 0 Å². The van der Waals surface area contributed by atoms with Gasteiger partial charge in [0.25, 0.3) is 0 Å². The average molecular weight is 423 g/mol. The van der Waals surface area contributed by atoms with E-state index in [0.29, 0.717) is 32.6 Å². The number of carbonyl (C=O) groups excluding carboxylic acids is 1. The van der Waals surface area contributed by atoms with Gasteiger partial charge < -0.3 is 14.5 Å². The number of rotatable bonds is 8. The number of carbonyl (C=O) groups is 1. The normalized spacial score (nSPS) is 15.5. The summed E-state index contributed by atoms with van der Waals surface area (Å²) in [5, 5.41) is 3.05. The molecule has 1 N–H and O–H groups in total. The molecule has 0 radical (unpaired) electrons. The molecule has 162 valence electrons. The van der Waals surface area contributed by atoms with Gasteiger partial charge in [0.1, 0.15) is 17.3 Å². The van der Waals surface area contributed by atoms with Crippen LogP contribution in [0.25, 0.3) is 11.3 Å². The van der Waals surface area contributed by atoms with Crippen molar-refractivity contribution in [1.29, 1.82) is 0 Å². The SMILES string of the molecule is O=C(CCc1ccc(-c2ccccc2)o1)NC[C@H](c1ccc(F)cc1)N1CCOCC1. The predicted octanol–water partition coefficient (Wildman–Crippen LogP) is 4.21. The average Bonchev–Trinajstić information content (AvgIpc) is 3.29. The molecular formula is C25H27FN2O3. The molecule has 4 rings (SSSR count). The minimum Gasteiger partial charge on any atom is -0.461 e. The lowest BCUT2D eigenvalue weighted by molar-refractivity contribution is -0.121. The summed E-state index contributed by atoms with van der Waals surface area (Å²) in [5.41, 5.74) is 2.01. The maximum atomic E-state index is 13.4. The number of benzene rings is 2. The van der Waals surface area contributed by atoms with Gasteiger partial charge in [-0.15, -0.1) is 0 Å². The van der Waals surface area contributed by atoms with Crippen LogP contribution in [0.15, 0.2) is 71.1 Å².